The number of sulfonamides is 1. The number of carbonyl (C=O) groups is 1. The van der Waals surface area contributed by atoms with E-state index in [0.29, 0.717) is 17.1 Å². The number of ether oxygens (including phenoxy) is 1. The highest BCUT2D eigenvalue weighted by Crippen LogP contribution is 2.29. The lowest BCUT2D eigenvalue weighted by Gasteiger charge is -2.23. The number of rotatable bonds is 10. The van der Waals surface area contributed by atoms with Gasteiger partial charge in [-0.25, -0.2) is 8.42 Å². The number of carbonyl (C=O) groups excluding carboxylic acids is 1. The molecule has 9 heteroatoms. The molecule has 2 aromatic rings. The molecule has 1 amide bonds. The molecular weight excluding hydrogens is 459 g/mol. The molecule has 0 saturated carbocycles. The summed E-state index contributed by atoms with van der Waals surface area (Å²) in [4.78, 5) is 12.5. The predicted molar refractivity (Wildman–Crippen MR) is 127 cm³/mol. The maximum Gasteiger partial charge on any atom is 0.232 e. The Hall–Kier alpha value is -1.96. The van der Waals surface area contributed by atoms with E-state index >= 15 is 0 Å². The number of methoxy groups -OCH3 is 1. The summed E-state index contributed by atoms with van der Waals surface area (Å²) in [5, 5.41) is 3.64. The van der Waals surface area contributed by atoms with Crippen LogP contribution in [0.1, 0.15) is 43.4 Å². The first-order valence-corrected chi connectivity index (χ1v) is 12.5. The first-order chi connectivity index (χ1) is 14.6. The van der Waals surface area contributed by atoms with Crippen molar-refractivity contribution < 1.29 is 17.9 Å². The number of nitrogens with zero attached hydrogens (tertiary/aromatic N) is 1. The van der Waals surface area contributed by atoms with E-state index < -0.39 is 10.0 Å². The van der Waals surface area contributed by atoms with Crippen LogP contribution in [0, 0.1) is 6.92 Å². The SMILES string of the molecule is CC[C@H](NC(=O)CCCN(c1ccc(Cl)c(Cl)c1)S(C)(=O)=O)c1ccc(OC)c(C)c1. The molecule has 0 spiro atoms. The Morgan fingerprint density at radius 2 is 1.87 bits per heavy atom. The van der Waals surface area contributed by atoms with Crippen molar-refractivity contribution in [1.82, 2.24) is 5.32 Å². The number of amides is 1. The molecule has 0 aromatic heterocycles. The van der Waals surface area contributed by atoms with Gasteiger partial charge in [-0.2, -0.15) is 0 Å². The molecule has 0 heterocycles. The van der Waals surface area contributed by atoms with Gasteiger partial charge in [-0.3, -0.25) is 9.10 Å². The van der Waals surface area contributed by atoms with Gasteiger partial charge >= 0.3 is 0 Å². The van der Waals surface area contributed by atoms with Gasteiger partial charge in [0.1, 0.15) is 5.75 Å². The minimum atomic E-state index is -3.54. The van der Waals surface area contributed by atoms with Crippen LogP contribution in [-0.2, 0) is 14.8 Å². The highest BCUT2D eigenvalue weighted by molar-refractivity contribution is 7.92. The van der Waals surface area contributed by atoms with Gasteiger partial charge in [-0.15, -0.1) is 0 Å². The van der Waals surface area contributed by atoms with Crippen LogP contribution in [0.5, 0.6) is 5.75 Å². The van der Waals surface area contributed by atoms with Gasteiger partial charge < -0.3 is 10.1 Å². The molecule has 0 aliphatic heterocycles. The summed E-state index contributed by atoms with van der Waals surface area (Å²) in [6.07, 6.45) is 2.40. The third kappa shape index (κ3) is 7.02. The lowest BCUT2D eigenvalue weighted by atomic mass is 10.0. The number of benzene rings is 2. The largest absolute Gasteiger partial charge is 0.496 e. The second-order valence-corrected chi connectivity index (χ2v) is 10.0. The molecule has 1 N–H and O–H groups in total. The van der Waals surface area contributed by atoms with Gasteiger partial charge in [-0.1, -0.05) is 42.3 Å². The van der Waals surface area contributed by atoms with Crippen molar-refractivity contribution in [1.29, 1.82) is 0 Å². The summed E-state index contributed by atoms with van der Waals surface area (Å²) in [5.41, 5.74) is 2.42. The summed E-state index contributed by atoms with van der Waals surface area (Å²) in [6, 6.07) is 10.4. The van der Waals surface area contributed by atoms with Crippen LogP contribution >= 0.6 is 23.2 Å². The van der Waals surface area contributed by atoms with Gasteiger partial charge in [-0.05, 0) is 55.2 Å². The number of anilines is 1. The third-order valence-electron chi connectivity index (χ3n) is 4.92. The van der Waals surface area contributed by atoms with Crippen molar-refractivity contribution in [3.05, 3.63) is 57.6 Å². The van der Waals surface area contributed by atoms with Crippen LogP contribution in [0.15, 0.2) is 36.4 Å². The molecule has 2 rings (SSSR count). The maximum atomic E-state index is 12.5. The number of hydrogen-bond acceptors (Lipinski definition) is 4. The Morgan fingerprint density at radius 3 is 2.42 bits per heavy atom. The lowest BCUT2D eigenvalue weighted by molar-refractivity contribution is -0.121. The van der Waals surface area contributed by atoms with Crippen LogP contribution in [0.25, 0.3) is 0 Å². The van der Waals surface area contributed by atoms with Gasteiger partial charge in [0.05, 0.1) is 35.1 Å². The van der Waals surface area contributed by atoms with E-state index in [-0.39, 0.29) is 29.9 Å². The van der Waals surface area contributed by atoms with Crippen molar-refractivity contribution in [3.8, 4) is 5.75 Å². The second-order valence-electron chi connectivity index (χ2n) is 7.29. The van der Waals surface area contributed by atoms with Crippen molar-refractivity contribution in [2.75, 3.05) is 24.2 Å². The number of aryl methyl sites for hydroxylation is 1. The minimum Gasteiger partial charge on any atom is -0.496 e. The van der Waals surface area contributed by atoms with Crippen molar-refractivity contribution >= 4 is 44.8 Å². The Kier molecular flexibility index (Phi) is 9.03. The summed E-state index contributed by atoms with van der Waals surface area (Å²) >= 11 is 12.0. The third-order valence-corrected chi connectivity index (χ3v) is 6.85. The second kappa shape index (κ2) is 11.1. The van der Waals surface area contributed by atoms with E-state index in [9.17, 15) is 13.2 Å². The van der Waals surface area contributed by atoms with Crippen molar-refractivity contribution in [3.63, 3.8) is 0 Å². The van der Waals surface area contributed by atoms with E-state index in [1.165, 1.54) is 10.4 Å². The van der Waals surface area contributed by atoms with E-state index in [1.54, 1.807) is 19.2 Å². The smallest absolute Gasteiger partial charge is 0.232 e. The molecule has 0 aliphatic rings. The molecule has 0 fully saturated rings. The molecule has 2 aromatic carbocycles. The lowest BCUT2D eigenvalue weighted by Crippen LogP contribution is -2.33. The zero-order valence-electron chi connectivity index (χ0n) is 18.1. The summed E-state index contributed by atoms with van der Waals surface area (Å²) < 4.78 is 31.0. The molecule has 0 unspecified atom stereocenters. The first-order valence-electron chi connectivity index (χ1n) is 9.93. The fraction of sp³-hybridized carbons (Fsp3) is 0.409. The van der Waals surface area contributed by atoms with Crippen molar-refractivity contribution in [2.45, 2.75) is 39.2 Å². The van der Waals surface area contributed by atoms with E-state index in [1.807, 2.05) is 32.0 Å². The van der Waals surface area contributed by atoms with Gasteiger partial charge in [0.25, 0.3) is 0 Å². The molecule has 0 bridgehead atoms. The number of nitrogens with one attached hydrogen (secondary N) is 1. The highest BCUT2D eigenvalue weighted by atomic mass is 35.5. The minimum absolute atomic E-state index is 0.127. The molecule has 31 heavy (non-hydrogen) atoms. The topological polar surface area (TPSA) is 75.7 Å². The average Bonchev–Trinajstić information content (AvgIpc) is 2.70. The molecule has 170 valence electrons. The van der Waals surface area contributed by atoms with Crippen LogP contribution in [-0.4, -0.2) is 34.2 Å². The molecule has 0 aliphatic carbocycles. The number of halogens is 2. The maximum absolute atomic E-state index is 12.5. The predicted octanol–water partition coefficient (Wildman–Crippen LogP) is 5.12. The molecule has 1 atom stereocenters. The monoisotopic (exact) mass is 486 g/mol. The highest BCUT2D eigenvalue weighted by Gasteiger charge is 2.19. The van der Waals surface area contributed by atoms with E-state index in [2.05, 4.69) is 5.32 Å². The van der Waals surface area contributed by atoms with Crippen LogP contribution in [0.4, 0.5) is 5.69 Å². The quantitative estimate of drug-likeness (QED) is 0.505. The normalized spacial score (nSPS) is 12.3. The Morgan fingerprint density at radius 1 is 1.16 bits per heavy atom. The Balaban J connectivity index is 2.01. The summed E-state index contributed by atoms with van der Waals surface area (Å²) in [6.45, 7) is 4.11. The summed E-state index contributed by atoms with van der Waals surface area (Å²) in [5.74, 6) is 0.663. The van der Waals surface area contributed by atoms with Crippen LogP contribution in [0.2, 0.25) is 10.0 Å². The Labute approximate surface area is 194 Å². The average molecular weight is 487 g/mol. The standard InChI is InChI=1S/C22H28Cl2N2O4S/c1-5-20(16-8-11-21(30-3)15(2)13-16)25-22(27)7-6-12-26(31(4,28)29)17-9-10-18(23)19(24)14-17/h8-11,13-14,20H,5-7,12H2,1-4H3,(H,25,27)/t20-/m0/s1. The van der Waals surface area contributed by atoms with E-state index in [0.717, 1.165) is 29.6 Å². The van der Waals surface area contributed by atoms with E-state index in [4.69, 9.17) is 27.9 Å². The Bertz CT molecular complexity index is 1030. The van der Waals surface area contributed by atoms with Crippen molar-refractivity contribution in [2.24, 2.45) is 0 Å². The van der Waals surface area contributed by atoms with Gasteiger partial charge in [0.2, 0.25) is 15.9 Å². The zero-order valence-corrected chi connectivity index (χ0v) is 20.4. The van der Waals surface area contributed by atoms with Crippen LogP contribution in [0.3, 0.4) is 0 Å². The molecule has 0 radical (unpaired) electrons. The number of hydrogen-bond donors (Lipinski definition) is 1. The zero-order chi connectivity index (χ0) is 23.2. The van der Waals surface area contributed by atoms with Gasteiger partial charge in [0.15, 0.2) is 0 Å². The fourth-order valence-electron chi connectivity index (χ4n) is 3.32. The van der Waals surface area contributed by atoms with Gasteiger partial charge in [0, 0.05) is 13.0 Å². The molecule has 0 saturated heterocycles. The van der Waals surface area contributed by atoms with Crippen LogP contribution < -0.4 is 14.4 Å². The first kappa shape index (κ1) is 25.3. The molecular formula is C22H28Cl2N2O4S. The molecule has 6 nitrogen and oxygen atoms in total. The fourth-order valence-corrected chi connectivity index (χ4v) is 4.57. The summed E-state index contributed by atoms with van der Waals surface area (Å²) in [7, 11) is -1.92.